The number of ketones is 1. The van der Waals surface area contributed by atoms with Crippen LogP contribution in [0.1, 0.15) is 31.8 Å². The Balaban J connectivity index is 1.87. The molecule has 1 aromatic carbocycles. The van der Waals surface area contributed by atoms with Gasteiger partial charge in [-0.25, -0.2) is 4.79 Å². The van der Waals surface area contributed by atoms with Crippen LogP contribution in [0, 0.1) is 0 Å². The van der Waals surface area contributed by atoms with Crippen LogP contribution in [-0.4, -0.2) is 37.4 Å². The topological polar surface area (TPSA) is 81.7 Å². The van der Waals surface area contributed by atoms with E-state index in [1.807, 2.05) is 0 Å². The Morgan fingerprint density at radius 2 is 1.96 bits per heavy atom. The van der Waals surface area contributed by atoms with Crippen LogP contribution in [0.15, 0.2) is 36.4 Å². The van der Waals surface area contributed by atoms with Crippen molar-refractivity contribution in [3.8, 4) is 5.75 Å². The normalized spacial score (nSPS) is 10.5. The molecule has 1 heterocycles. The van der Waals surface area contributed by atoms with Crippen molar-refractivity contribution in [3.63, 3.8) is 0 Å². The number of Topliss-reactive ketones (excluding diaryl/α,β-unsaturated/α-hetero) is 1. The van der Waals surface area contributed by atoms with E-state index >= 15 is 0 Å². The van der Waals surface area contributed by atoms with Gasteiger partial charge in [-0.05, 0) is 36.8 Å². The van der Waals surface area contributed by atoms with Gasteiger partial charge in [0.2, 0.25) is 11.7 Å². The number of ether oxygens (including phenoxy) is 2. The molecule has 6 nitrogen and oxygen atoms in total. The van der Waals surface area contributed by atoms with Crippen molar-refractivity contribution in [2.24, 2.45) is 0 Å². The first-order chi connectivity index (χ1) is 12.8. The molecule has 2 rings (SSSR count). The van der Waals surface area contributed by atoms with E-state index in [0.29, 0.717) is 17.8 Å². The van der Waals surface area contributed by atoms with Crippen molar-refractivity contribution >= 4 is 29.0 Å². The Morgan fingerprint density at radius 1 is 1.19 bits per heavy atom. The smallest absolute Gasteiger partial charge is 0.387 e. The fraction of sp³-hybridized carbons (Fsp3) is 0.278. The highest BCUT2D eigenvalue weighted by Crippen LogP contribution is 2.19. The zero-order chi connectivity index (χ0) is 19.8. The molecule has 1 aromatic heterocycles. The van der Waals surface area contributed by atoms with Crippen molar-refractivity contribution in [1.82, 2.24) is 5.32 Å². The summed E-state index contributed by atoms with van der Waals surface area (Å²) in [5.41, 5.74) is 0.00289. The first-order valence-corrected chi connectivity index (χ1v) is 8.75. The van der Waals surface area contributed by atoms with Gasteiger partial charge in [0.05, 0.1) is 10.4 Å². The molecule has 144 valence electrons. The lowest BCUT2D eigenvalue weighted by atomic mass is 10.2. The highest BCUT2D eigenvalue weighted by molar-refractivity contribution is 7.14. The van der Waals surface area contributed by atoms with Gasteiger partial charge in [0.25, 0.3) is 0 Å². The number of nitrogens with one attached hydrogen (secondary N) is 1. The third-order valence-electron chi connectivity index (χ3n) is 3.31. The molecule has 1 amide bonds. The number of carbonyl (C=O) groups is 3. The van der Waals surface area contributed by atoms with E-state index in [9.17, 15) is 23.2 Å². The van der Waals surface area contributed by atoms with Gasteiger partial charge in [0, 0.05) is 18.3 Å². The van der Waals surface area contributed by atoms with Gasteiger partial charge in [-0.2, -0.15) is 8.78 Å². The van der Waals surface area contributed by atoms with Gasteiger partial charge in [0.1, 0.15) is 5.75 Å². The van der Waals surface area contributed by atoms with Gasteiger partial charge in [-0.1, -0.05) is 6.07 Å². The van der Waals surface area contributed by atoms with E-state index in [1.165, 1.54) is 36.5 Å². The molecule has 0 saturated carbocycles. The first kappa shape index (κ1) is 20.5. The zero-order valence-corrected chi connectivity index (χ0v) is 15.2. The number of halogens is 2. The van der Waals surface area contributed by atoms with Gasteiger partial charge in [0.15, 0.2) is 6.61 Å². The van der Waals surface area contributed by atoms with Gasteiger partial charge >= 0.3 is 12.6 Å². The number of rotatable bonds is 9. The van der Waals surface area contributed by atoms with Crippen molar-refractivity contribution in [2.45, 2.75) is 20.0 Å². The second kappa shape index (κ2) is 9.77. The molecule has 0 aliphatic rings. The van der Waals surface area contributed by atoms with Crippen LogP contribution in [0.25, 0.3) is 0 Å². The van der Waals surface area contributed by atoms with Crippen molar-refractivity contribution in [2.75, 3.05) is 13.2 Å². The Kier molecular flexibility index (Phi) is 7.42. The monoisotopic (exact) mass is 397 g/mol. The van der Waals surface area contributed by atoms with Crippen molar-refractivity contribution in [3.05, 3.63) is 51.7 Å². The number of thiophene rings is 1. The molecule has 0 bridgehead atoms. The lowest BCUT2D eigenvalue weighted by Crippen LogP contribution is -2.22. The van der Waals surface area contributed by atoms with E-state index < -0.39 is 19.2 Å². The Labute approximate surface area is 158 Å². The lowest BCUT2D eigenvalue weighted by Gasteiger charge is -2.07. The van der Waals surface area contributed by atoms with E-state index in [1.54, 1.807) is 12.1 Å². The van der Waals surface area contributed by atoms with E-state index in [0.717, 1.165) is 10.9 Å². The summed E-state index contributed by atoms with van der Waals surface area (Å²) in [6.45, 7) is -1.58. The fourth-order valence-corrected chi connectivity index (χ4v) is 3.04. The van der Waals surface area contributed by atoms with E-state index in [4.69, 9.17) is 4.74 Å². The number of hydrogen-bond acceptors (Lipinski definition) is 6. The summed E-state index contributed by atoms with van der Waals surface area (Å²) in [5, 5.41) is 2.66. The SMILES string of the molecule is CC(=O)NCCc1ccc(C(=O)COC(=O)c2cccc(OC(F)F)c2)s1. The first-order valence-electron chi connectivity index (χ1n) is 7.93. The van der Waals surface area contributed by atoms with E-state index in [-0.39, 0.29) is 23.0 Å². The Morgan fingerprint density at radius 3 is 2.67 bits per heavy atom. The molecule has 27 heavy (non-hydrogen) atoms. The summed E-state index contributed by atoms with van der Waals surface area (Å²) in [4.78, 5) is 36.3. The molecule has 0 unspecified atom stereocenters. The number of benzene rings is 1. The molecule has 9 heteroatoms. The maximum atomic E-state index is 12.2. The van der Waals surface area contributed by atoms with Crippen LogP contribution in [0.4, 0.5) is 8.78 Å². The van der Waals surface area contributed by atoms with Crippen LogP contribution in [0.2, 0.25) is 0 Å². The molecule has 1 N–H and O–H groups in total. The number of hydrogen-bond donors (Lipinski definition) is 1. The van der Waals surface area contributed by atoms with Crippen molar-refractivity contribution < 1.29 is 32.6 Å². The summed E-state index contributed by atoms with van der Waals surface area (Å²) in [6.07, 6.45) is 0.592. The summed E-state index contributed by atoms with van der Waals surface area (Å²) < 4.78 is 33.6. The van der Waals surface area contributed by atoms with Gasteiger partial charge in [-0.15, -0.1) is 11.3 Å². The van der Waals surface area contributed by atoms with Crippen LogP contribution in [0.5, 0.6) is 5.75 Å². The molecule has 0 atom stereocenters. The molecule has 0 radical (unpaired) electrons. The van der Waals surface area contributed by atoms with Crippen LogP contribution < -0.4 is 10.1 Å². The third-order valence-corrected chi connectivity index (χ3v) is 4.50. The molecular formula is C18H17F2NO5S. The maximum absolute atomic E-state index is 12.2. The summed E-state index contributed by atoms with van der Waals surface area (Å²) >= 11 is 1.25. The molecule has 0 aliphatic carbocycles. The second-order valence-electron chi connectivity index (χ2n) is 5.40. The lowest BCUT2D eigenvalue weighted by molar-refractivity contribution is -0.118. The Hall–Kier alpha value is -2.81. The maximum Gasteiger partial charge on any atom is 0.387 e. The Bertz CT molecular complexity index is 822. The molecule has 0 aliphatic heterocycles. The summed E-state index contributed by atoms with van der Waals surface area (Å²) in [5.74, 6) is -1.49. The minimum absolute atomic E-state index is 0.00289. The molecule has 0 spiro atoms. The predicted octanol–water partition coefficient (Wildman–Crippen LogP) is 3.07. The van der Waals surface area contributed by atoms with Gasteiger partial charge < -0.3 is 14.8 Å². The number of alkyl halides is 2. The van der Waals surface area contributed by atoms with Crippen molar-refractivity contribution in [1.29, 1.82) is 0 Å². The minimum atomic E-state index is -3.00. The standard InChI is InChI=1S/C18H17F2NO5S/c1-11(22)21-8-7-14-5-6-16(27-14)15(23)10-25-17(24)12-3-2-4-13(9-12)26-18(19)20/h2-6,9,18H,7-8,10H2,1H3,(H,21,22). The molecular weight excluding hydrogens is 380 g/mol. The average molecular weight is 397 g/mol. The third kappa shape index (κ3) is 6.78. The summed E-state index contributed by atoms with van der Waals surface area (Å²) in [6, 6.07) is 8.54. The molecule has 2 aromatic rings. The molecule has 0 fully saturated rings. The minimum Gasteiger partial charge on any atom is -0.454 e. The van der Waals surface area contributed by atoms with Crippen LogP contribution >= 0.6 is 11.3 Å². The van der Waals surface area contributed by atoms with Crippen LogP contribution in [-0.2, 0) is 16.0 Å². The highest BCUT2D eigenvalue weighted by atomic mass is 32.1. The number of amides is 1. The second-order valence-corrected chi connectivity index (χ2v) is 6.57. The summed E-state index contributed by atoms with van der Waals surface area (Å²) in [7, 11) is 0. The average Bonchev–Trinajstić information content (AvgIpc) is 3.07. The quantitative estimate of drug-likeness (QED) is 0.520. The van der Waals surface area contributed by atoms with Gasteiger partial charge in [-0.3, -0.25) is 9.59 Å². The van der Waals surface area contributed by atoms with Crippen LogP contribution in [0.3, 0.4) is 0 Å². The fourth-order valence-electron chi connectivity index (χ4n) is 2.11. The number of esters is 1. The number of carbonyl (C=O) groups excluding carboxylic acids is 3. The molecule has 0 saturated heterocycles. The zero-order valence-electron chi connectivity index (χ0n) is 14.4. The highest BCUT2D eigenvalue weighted by Gasteiger charge is 2.15. The predicted molar refractivity (Wildman–Crippen MR) is 94.4 cm³/mol. The van der Waals surface area contributed by atoms with E-state index in [2.05, 4.69) is 10.1 Å². The largest absolute Gasteiger partial charge is 0.454 e.